The first kappa shape index (κ1) is 11.8. The van der Waals surface area contributed by atoms with Crippen LogP contribution >= 0.6 is 0 Å². The lowest BCUT2D eigenvalue weighted by Crippen LogP contribution is -2.19. The highest BCUT2D eigenvalue weighted by atomic mass is 15.1. The lowest BCUT2D eigenvalue weighted by atomic mass is 10.1. The van der Waals surface area contributed by atoms with E-state index in [1.54, 1.807) is 0 Å². The number of hydrogen-bond acceptors (Lipinski definition) is 4. The maximum atomic E-state index is 8.85. The third kappa shape index (κ3) is 2.45. The SMILES string of the molecule is N#CN1CCC(CNc2nccc3ccccc23)C1. The summed E-state index contributed by atoms with van der Waals surface area (Å²) in [6.07, 6.45) is 5.12. The molecule has 0 spiro atoms. The van der Waals surface area contributed by atoms with Gasteiger partial charge in [-0.2, -0.15) is 5.26 Å². The van der Waals surface area contributed by atoms with E-state index in [-0.39, 0.29) is 0 Å². The van der Waals surface area contributed by atoms with Gasteiger partial charge in [0.05, 0.1) is 0 Å². The molecule has 1 saturated heterocycles. The van der Waals surface area contributed by atoms with Crippen LogP contribution in [0.25, 0.3) is 10.8 Å². The molecule has 1 aliphatic heterocycles. The molecule has 2 aromatic rings. The van der Waals surface area contributed by atoms with Crippen LogP contribution in [0.5, 0.6) is 0 Å². The highest BCUT2D eigenvalue weighted by molar-refractivity contribution is 5.91. The summed E-state index contributed by atoms with van der Waals surface area (Å²) in [5.41, 5.74) is 0. The second-order valence-electron chi connectivity index (χ2n) is 4.96. The second-order valence-corrected chi connectivity index (χ2v) is 4.96. The molecule has 1 aliphatic rings. The zero-order valence-electron chi connectivity index (χ0n) is 10.7. The van der Waals surface area contributed by atoms with Crippen molar-refractivity contribution in [3.63, 3.8) is 0 Å². The van der Waals surface area contributed by atoms with Crippen molar-refractivity contribution in [1.82, 2.24) is 9.88 Å². The molecular formula is C15H16N4. The third-order valence-corrected chi connectivity index (χ3v) is 3.66. The van der Waals surface area contributed by atoms with Gasteiger partial charge in [0, 0.05) is 31.2 Å². The predicted molar refractivity (Wildman–Crippen MR) is 75.5 cm³/mol. The van der Waals surface area contributed by atoms with Crippen molar-refractivity contribution in [2.24, 2.45) is 5.92 Å². The van der Waals surface area contributed by atoms with E-state index >= 15 is 0 Å². The summed E-state index contributed by atoms with van der Waals surface area (Å²) in [6, 6.07) is 10.3. The van der Waals surface area contributed by atoms with Crippen molar-refractivity contribution in [3.05, 3.63) is 36.5 Å². The quantitative estimate of drug-likeness (QED) is 0.852. The van der Waals surface area contributed by atoms with Crippen LogP contribution in [0.3, 0.4) is 0 Å². The highest BCUT2D eigenvalue weighted by Gasteiger charge is 2.21. The zero-order chi connectivity index (χ0) is 13.1. The van der Waals surface area contributed by atoms with Crippen LogP contribution in [-0.2, 0) is 0 Å². The summed E-state index contributed by atoms with van der Waals surface area (Å²) in [5.74, 6) is 1.47. The number of nitriles is 1. The molecular weight excluding hydrogens is 236 g/mol. The largest absolute Gasteiger partial charge is 0.369 e. The lowest BCUT2D eigenvalue weighted by molar-refractivity contribution is 0.460. The minimum absolute atomic E-state index is 0.528. The molecule has 1 N–H and O–H groups in total. The molecule has 1 unspecified atom stereocenters. The van der Waals surface area contributed by atoms with Gasteiger partial charge in [-0.25, -0.2) is 4.98 Å². The maximum absolute atomic E-state index is 8.85. The summed E-state index contributed by atoms with van der Waals surface area (Å²) < 4.78 is 0. The minimum Gasteiger partial charge on any atom is -0.369 e. The van der Waals surface area contributed by atoms with Gasteiger partial charge < -0.3 is 10.2 Å². The van der Waals surface area contributed by atoms with E-state index in [9.17, 15) is 0 Å². The fraction of sp³-hybridized carbons (Fsp3) is 0.333. The van der Waals surface area contributed by atoms with Gasteiger partial charge in [0.2, 0.25) is 0 Å². The molecule has 2 heterocycles. The number of anilines is 1. The average Bonchev–Trinajstić information content (AvgIpc) is 2.93. The Hall–Kier alpha value is -2.28. The Labute approximate surface area is 112 Å². The lowest BCUT2D eigenvalue weighted by Gasteiger charge is -2.13. The first-order valence-corrected chi connectivity index (χ1v) is 6.59. The van der Waals surface area contributed by atoms with Crippen molar-refractivity contribution in [1.29, 1.82) is 5.26 Å². The number of benzene rings is 1. The van der Waals surface area contributed by atoms with E-state index in [4.69, 9.17) is 5.26 Å². The van der Waals surface area contributed by atoms with E-state index in [0.29, 0.717) is 5.92 Å². The number of nitrogens with one attached hydrogen (secondary N) is 1. The Kier molecular flexibility index (Phi) is 3.20. The number of likely N-dealkylation sites (tertiary alicyclic amines) is 1. The van der Waals surface area contributed by atoms with Crippen LogP contribution in [-0.4, -0.2) is 29.5 Å². The molecule has 0 radical (unpaired) electrons. The second kappa shape index (κ2) is 5.15. The summed E-state index contributed by atoms with van der Waals surface area (Å²) in [4.78, 5) is 6.24. The van der Waals surface area contributed by atoms with Crippen LogP contribution in [0.2, 0.25) is 0 Å². The maximum Gasteiger partial charge on any atom is 0.179 e. The fourth-order valence-corrected chi connectivity index (χ4v) is 2.59. The molecule has 1 aromatic carbocycles. The molecule has 4 nitrogen and oxygen atoms in total. The van der Waals surface area contributed by atoms with Crippen molar-refractivity contribution in [3.8, 4) is 6.19 Å². The number of hydrogen-bond donors (Lipinski definition) is 1. The first-order valence-electron chi connectivity index (χ1n) is 6.59. The molecule has 1 fully saturated rings. The van der Waals surface area contributed by atoms with Crippen molar-refractivity contribution < 1.29 is 0 Å². The molecule has 4 heteroatoms. The van der Waals surface area contributed by atoms with Gasteiger partial charge in [0.15, 0.2) is 6.19 Å². The van der Waals surface area contributed by atoms with Crippen molar-refractivity contribution in [2.45, 2.75) is 6.42 Å². The smallest absolute Gasteiger partial charge is 0.179 e. The molecule has 1 aromatic heterocycles. The summed E-state index contributed by atoms with van der Waals surface area (Å²) >= 11 is 0. The number of fused-ring (bicyclic) bond motifs is 1. The number of nitrogens with zero attached hydrogens (tertiary/aromatic N) is 3. The van der Waals surface area contributed by atoms with Crippen LogP contribution < -0.4 is 5.32 Å². The molecule has 19 heavy (non-hydrogen) atoms. The summed E-state index contributed by atoms with van der Waals surface area (Å²) in [7, 11) is 0. The summed E-state index contributed by atoms with van der Waals surface area (Å²) in [5, 5.41) is 14.6. The fourth-order valence-electron chi connectivity index (χ4n) is 2.59. The van der Waals surface area contributed by atoms with E-state index in [1.165, 1.54) is 5.39 Å². The predicted octanol–water partition coefficient (Wildman–Crippen LogP) is 2.45. The van der Waals surface area contributed by atoms with Gasteiger partial charge >= 0.3 is 0 Å². The Morgan fingerprint density at radius 2 is 2.26 bits per heavy atom. The van der Waals surface area contributed by atoms with Crippen LogP contribution in [0.1, 0.15) is 6.42 Å². The van der Waals surface area contributed by atoms with Gasteiger partial charge in [-0.3, -0.25) is 0 Å². The third-order valence-electron chi connectivity index (χ3n) is 3.66. The van der Waals surface area contributed by atoms with Crippen LogP contribution in [0, 0.1) is 17.4 Å². The van der Waals surface area contributed by atoms with E-state index in [1.807, 2.05) is 29.3 Å². The van der Waals surface area contributed by atoms with Crippen molar-refractivity contribution in [2.75, 3.05) is 25.0 Å². The van der Waals surface area contributed by atoms with Gasteiger partial charge in [0.1, 0.15) is 5.82 Å². The Bertz CT molecular complexity index is 612. The molecule has 1 atom stereocenters. The van der Waals surface area contributed by atoms with Gasteiger partial charge in [0.25, 0.3) is 0 Å². The van der Waals surface area contributed by atoms with E-state index < -0.39 is 0 Å². The molecule has 0 bridgehead atoms. The molecule has 96 valence electrons. The molecule has 0 amide bonds. The molecule has 0 aliphatic carbocycles. The Morgan fingerprint density at radius 3 is 3.11 bits per heavy atom. The monoisotopic (exact) mass is 252 g/mol. The van der Waals surface area contributed by atoms with Crippen molar-refractivity contribution >= 4 is 16.6 Å². The number of aromatic nitrogens is 1. The number of pyridine rings is 1. The van der Waals surface area contributed by atoms with E-state index in [2.05, 4.69) is 28.6 Å². The number of rotatable bonds is 3. The topological polar surface area (TPSA) is 52.0 Å². The Morgan fingerprint density at radius 1 is 1.37 bits per heavy atom. The normalized spacial score (nSPS) is 18.5. The van der Waals surface area contributed by atoms with E-state index in [0.717, 1.165) is 37.3 Å². The van der Waals surface area contributed by atoms with Crippen LogP contribution in [0.15, 0.2) is 36.5 Å². The standard InChI is InChI=1S/C15H16N4/c16-11-19-8-6-12(10-19)9-18-15-14-4-2-1-3-13(14)5-7-17-15/h1-5,7,12H,6,8-10H2,(H,17,18). The van der Waals surface area contributed by atoms with Gasteiger partial charge in [-0.05, 0) is 23.8 Å². The Balaban J connectivity index is 1.71. The van der Waals surface area contributed by atoms with Crippen LogP contribution in [0.4, 0.5) is 5.82 Å². The molecule has 3 rings (SSSR count). The zero-order valence-corrected chi connectivity index (χ0v) is 10.7. The van der Waals surface area contributed by atoms with Gasteiger partial charge in [-0.1, -0.05) is 24.3 Å². The first-order chi connectivity index (χ1) is 9.36. The molecule has 0 saturated carbocycles. The average molecular weight is 252 g/mol. The summed E-state index contributed by atoms with van der Waals surface area (Å²) in [6.45, 7) is 2.61. The minimum atomic E-state index is 0.528. The van der Waals surface area contributed by atoms with Gasteiger partial charge in [-0.15, -0.1) is 0 Å². The highest BCUT2D eigenvalue weighted by Crippen LogP contribution is 2.22.